The second-order valence-corrected chi connectivity index (χ2v) is 9.21. The largest absolute Gasteiger partial charge is 0.379 e. The maximum absolute atomic E-state index is 12.9. The number of carbonyl (C=O) groups is 1. The molecule has 144 valence electrons. The number of hydrogen-bond donors (Lipinski definition) is 0. The fraction of sp³-hybridized carbons (Fsp3) is 0.611. The smallest absolute Gasteiger partial charge is 0.255 e. The number of carbonyl (C=O) groups excluding carboxylic acids is 1. The van der Waals surface area contributed by atoms with Crippen LogP contribution in [0.1, 0.15) is 42.5 Å². The molecule has 1 amide bonds. The molecule has 1 aliphatic carbocycles. The van der Waals surface area contributed by atoms with Gasteiger partial charge in [0.05, 0.1) is 28.7 Å². The molecular formula is C18H25ClN2O4S. The van der Waals surface area contributed by atoms with E-state index in [2.05, 4.69) is 0 Å². The lowest BCUT2D eigenvalue weighted by atomic mass is 9.94. The molecule has 3 rings (SSSR count). The molecule has 1 saturated carbocycles. The summed E-state index contributed by atoms with van der Waals surface area (Å²) in [6, 6.07) is 4.56. The summed E-state index contributed by atoms with van der Waals surface area (Å²) in [4.78, 5) is 14.7. The number of nitrogens with zero attached hydrogens (tertiary/aromatic N) is 2. The third kappa shape index (κ3) is 4.06. The molecular weight excluding hydrogens is 376 g/mol. The molecule has 2 fully saturated rings. The van der Waals surface area contributed by atoms with Crippen molar-refractivity contribution >= 4 is 27.5 Å². The lowest BCUT2D eigenvalue weighted by molar-refractivity contribution is 0.0695. The SMILES string of the molecule is CN(C(=O)c1cc(S(=O)(=O)N2CCOCC2)ccc1Cl)C1CCCCC1. The normalized spacial score (nSPS) is 20.1. The molecule has 0 radical (unpaired) electrons. The highest BCUT2D eigenvalue weighted by Gasteiger charge is 2.29. The zero-order valence-electron chi connectivity index (χ0n) is 15.0. The first-order chi connectivity index (χ1) is 12.4. The Kier molecular flexibility index (Phi) is 6.22. The van der Waals surface area contributed by atoms with Crippen molar-refractivity contribution in [2.24, 2.45) is 0 Å². The van der Waals surface area contributed by atoms with Crippen molar-refractivity contribution < 1.29 is 17.9 Å². The van der Waals surface area contributed by atoms with Crippen molar-refractivity contribution in [3.8, 4) is 0 Å². The van der Waals surface area contributed by atoms with E-state index in [0.29, 0.717) is 26.3 Å². The van der Waals surface area contributed by atoms with Crippen LogP contribution in [0.3, 0.4) is 0 Å². The van der Waals surface area contributed by atoms with E-state index in [0.717, 1.165) is 25.7 Å². The fourth-order valence-corrected chi connectivity index (χ4v) is 5.22. The highest BCUT2D eigenvalue weighted by atomic mass is 35.5. The van der Waals surface area contributed by atoms with Crippen molar-refractivity contribution in [3.63, 3.8) is 0 Å². The topological polar surface area (TPSA) is 66.9 Å². The van der Waals surface area contributed by atoms with Gasteiger partial charge in [0.2, 0.25) is 10.0 Å². The Labute approximate surface area is 160 Å². The van der Waals surface area contributed by atoms with Gasteiger partial charge in [0.1, 0.15) is 0 Å². The second kappa shape index (κ2) is 8.25. The van der Waals surface area contributed by atoms with Crippen LogP contribution in [-0.4, -0.2) is 62.9 Å². The lowest BCUT2D eigenvalue weighted by Crippen LogP contribution is -2.41. The predicted octanol–water partition coefficient (Wildman–Crippen LogP) is 2.77. The summed E-state index contributed by atoms with van der Waals surface area (Å²) in [5.74, 6) is -0.221. The molecule has 2 aliphatic rings. The Morgan fingerprint density at radius 3 is 2.50 bits per heavy atom. The minimum Gasteiger partial charge on any atom is -0.379 e. The number of benzene rings is 1. The lowest BCUT2D eigenvalue weighted by Gasteiger charge is -2.31. The molecule has 0 N–H and O–H groups in total. The summed E-state index contributed by atoms with van der Waals surface area (Å²) in [7, 11) is -1.89. The van der Waals surface area contributed by atoms with E-state index in [1.165, 1.54) is 28.9 Å². The zero-order valence-corrected chi connectivity index (χ0v) is 16.6. The highest BCUT2D eigenvalue weighted by Crippen LogP contribution is 2.27. The Bertz CT molecular complexity index is 756. The van der Waals surface area contributed by atoms with Gasteiger partial charge in [0.15, 0.2) is 0 Å². The standard InChI is InChI=1S/C18H25ClN2O4S/c1-20(14-5-3-2-4-6-14)18(22)16-13-15(7-8-17(16)19)26(23,24)21-9-11-25-12-10-21/h7-8,13-14H,2-6,9-12H2,1H3. The van der Waals surface area contributed by atoms with E-state index >= 15 is 0 Å². The zero-order chi connectivity index (χ0) is 18.7. The predicted molar refractivity (Wildman–Crippen MR) is 100.0 cm³/mol. The number of hydrogen-bond acceptors (Lipinski definition) is 4. The van der Waals surface area contributed by atoms with Gasteiger partial charge in [0, 0.05) is 26.2 Å². The quantitative estimate of drug-likeness (QED) is 0.779. The summed E-state index contributed by atoms with van der Waals surface area (Å²) in [6.45, 7) is 1.39. The summed E-state index contributed by atoms with van der Waals surface area (Å²) < 4.78 is 32.3. The monoisotopic (exact) mass is 400 g/mol. The Morgan fingerprint density at radius 1 is 1.19 bits per heavy atom. The van der Waals surface area contributed by atoms with Crippen LogP contribution in [0.5, 0.6) is 0 Å². The van der Waals surface area contributed by atoms with Crippen LogP contribution in [0.15, 0.2) is 23.1 Å². The molecule has 1 aromatic rings. The van der Waals surface area contributed by atoms with Crippen molar-refractivity contribution in [2.75, 3.05) is 33.4 Å². The van der Waals surface area contributed by atoms with Crippen LogP contribution >= 0.6 is 11.6 Å². The van der Waals surface area contributed by atoms with E-state index in [4.69, 9.17) is 16.3 Å². The summed E-state index contributed by atoms with van der Waals surface area (Å²) in [5.41, 5.74) is 0.245. The first-order valence-electron chi connectivity index (χ1n) is 9.06. The molecule has 0 unspecified atom stereocenters. The average Bonchev–Trinajstić information content (AvgIpc) is 2.68. The van der Waals surface area contributed by atoms with Gasteiger partial charge in [-0.25, -0.2) is 8.42 Å². The number of ether oxygens (including phenoxy) is 1. The van der Waals surface area contributed by atoms with E-state index < -0.39 is 10.0 Å². The summed E-state index contributed by atoms with van der Waals surface area (Å²) >= 11 is 6.23. The molecule has 1 aromatic carbocycles. The maximum Gasteiger partial charge on any atom is 0.255 e. The molecule has 0 atom stereocenters. The Morgan fingerprint density at radius 2 is 1.85 bits per heavy atom. The van der Waals surface area contributed by atoms with Gasteiger partial charge < -0.3 is 9.64 Å². The van der Waals surface area contributed by atoms with Crippen LogP contribution in [0.2, 0.25) is 5.02 Å². The average molecular weight is 401 g/mol. The molecule has 0 aromatic heterocycles. The van der Waals surface area contributed by atoms with Crippen LogP contribution in [-0.2, 0) is 14.8 Å². The molecule has 0 spiro atoms. The van der Waals surface area contributed by atoms with Gasteiger partial charge in [-0.2, -0.15) is 4.31 Å². The first kappa shape index (κ1) is 19.6. The first-order valence-corrected chi connectivity index (χ1v) is 10.9. The molecule has 1 heterocycles. The number of sulfonamides is 1. The highest BCUT2D eigenvalue weighted by molar-refractivity contribution is 7.89. The fourth-order valence-electron chi connectivity index (χ4n) is 3.59. The van der Waals surface area contributed by atoms with E-state index in [9.17, 15) is 13.2 Å². The third-order valence-corrected chi connectivity index (χ3v) is 7.44. The van der Waals surface area contributed by atoms with Crippen molar-refractivity contribution in [2.45, 2.75) is 43.0 Å². The van der Waals surface area contributed by atoms with Crippen molar-refractivity contribution in [1.82, 2.24) is 9.21 Å². The molecule has 1 aliphatic heterocycles. The van der Waals surface area contributed by atoms with E-state index in [1.54, 1.807) is 11.9 Å². The minimum atomic E-state index is -3.66. The van der Waals surface area contributed by atoms with Crippen molar-refractivity contribution in [1.29, 1.82) is 0 Å². The van der Waals surface area contributed by atoms with Gasteiger partial charge >= 0.3 is 0 Å². The third-order valence-electron chi connectivity index (χ3n) is 5.22. The second-order valence-electron chi connectivity index (χ2n) is 6.87. The van der Waals surface area contributed by atoms with E-state index in [-0.39, 0.29) is 27.4 Å². The van der Waals surface area contributed by atoms with Crippen LogP contribution in [0.4, 0.5) is 0 Å². The summed E-state index contributed by atoms with van der Waals surface area (Å²) in [5, 5.41) is 0.276. The number of rotatable bonds is 4. The van der Waals surface area contributed by atoms with Crippen LogP contribution < -0.4 is 0 Å². The van der Waals surface area contributed by atoms with Gasteiger partial charge in [-0.1, -0.05) is 30.9 Å². The molecule has 26 heavy (non-hydrogen) atoms. The van der Waals surface area contributed by atoms with Gasteiger partial charge in [-0.05, 0) is 31.0 Å². The minimum absolute atomic E-state index is 0.101. The molecule has 6 nitrogen and oxygen atoms in total. The Balaban J connectivity index is 1.86. The number of halogens is 1. The molecule has 1 saturated heterocycles. The van der Waals surface area contributed by atoms with Gasteiger partial charge in [-0.15, -0.1) is 0 Å². The Hall–Kier alpha value is -1.15. The maximum atomic E-state index is 12.9. The van der Waals surface area contributed by atoms with E-state index in [1.807, 2.05) is 0 Å². The number of amides is 1. The summed E-state index contributed by atoms with van der Waals surface area (Å²) in [6.07, 6.45) is 5.38. The van der Waals surface area contributed by atoms with Crippen LogP contribution in [0, 0.1) is 0 Å². The number of morpholine rings is 1. The van der Waals surface area contributed by atoms with Crippen molar-refractivity contribution in [3.05, 3.63) is 28.8 Å². The van der Waals surface area contributed by atoms with Gasteiger partial charge in [0.25, 0.3) is 5.91 Å². The molecule has 0 bridgehead atoms. The van der Waals surface area contributed by atoms with Crippen LogP contribution in [0.25, 0.3) is 0 Å². The molecule has 8 heteroatoms. The van der Waals surface area contributed by atoms with Gasteiger partial charge in [-0.3, -0.25) is 4.79 Å².